The lowest BCUT2D eigenvalue weighted by atomic mass is 9.73. The highest BCUT2D eigenvalue weighted by Gasteiger charge is 2.48. The minimum atomic E-state index is -0.171. The molecule has 2 saturated heterocycles. The van der Waals surface area contributed by atoms with E-state index in [-0.39, 0.29) is 24.2 Å². The molecule has 198 valence electrons. The number of aliphatic hydroxyl groups excluding tert-OH is 1. The third kappa shape index (κ3) is 3.71. The van der Waals surface area contributed by atoms with Gasteiger partial charge in [0.1, 0.15) is 11.4 Å². The van der Waals surface area contributed by atoms with Crippen molar-refractivity contribution in [3.05, 3.63) is 47.2 Å². The van der Waals surface area contributed by atoms with Crippen LogP contribution in [0.2, 0.25) is 0 Å². The Morgan fingerprint density at radius 3 is 2.74 bits per heavy atom. The van der Waals surface area contributed by atoms with Gasteiger partial charge < -0.3 is 25.4 Å². The fourth-order valence-corrected chi connectivity index (χ4v) is 6.44. The van der Waals surface area contributed by atoms with Gasteiger partial charge in [0.2, 0.25) is 0 Å². The lowest BCUT2D eigenvalue weighted by Gasteiger charge is -2.42. The third-order valence-electron chi connectivity index (χ3n) is 8.73. The summed E-state index contributed by atoms with van der Waals surface area (Å²) in [5, 5.41) is 17.3. The van der Waals surface area contributed by atoms with Gasteiger partial charge in [-0.3, -0.25) is 10.1 Å². The largest absolute Gasteiger partial charge is 0.390 e. The number of hydrogen-bond acceptors (Lipinski definition) is 10. The Morgan fingerprint density at radius 2 is 2.00 bits per heavy atom. The number of anilines is 2. The number of H-pyrrole nitrogens is 1. The summed E-state index contributed by atoms with van der Waals surface area (Å²) in [6, 6.07) is 6.10. The smallest absolute Gasteiger partial charge is 0.156 e. The maximum absolute atomic E-state index is 10.3. The van der Waals surface area contributed by atoms with Gasteiger partial charge in [0.25, 0.3) is 0 Å². The monoisotopic (exact) mass is 515 g/mol. The van der Waals surface area contributed by atoms with E-state index >= 15 is 0 Å². The minimum absolute atomic E-state index is 0.0304. The van der Waals surface area contributed by atoms with Crippen LogP contribution in [-0.2, 0) is 24.3 Å². The van der Waals surface area contributed by atoms with Gasteiger partial charge in [0, 0.05) is 37.3 Å². The number of hydrogen-bond donors (Lipinski definition) is 3. The number of nitrogens with zero attached hydrogens (tertiary/aromatic N) is 7. The highest BCUT2D eigenvalue weighted by molar-refractivity contribution is 6.11. The summed E-state index contributed by atoms with van der Waals surface area (Å²) in [5.41, 5.74) is 12.6. The number of aliphatic hydroxyl groups is 1. The van der Waals surface area contributed by atoms with E-state index in [1.807, 2.05) is 12.1 Å². The van der Waals surface area contributed by atoms with E-state index in [1.54, 1.807) is 6.20 Å². The Morgan fingerprint density at radius 1 is 1.13 bits per heavy atom. The first-order valence-corrected chi connectivity index (χ1v) is 13.5. The van der Waals surface area contributed by atoms with Crippen molar-refractivity contribution < 1.29 is 9.84 Å². The Labute approximate surface area is 221 Å². The van der Waals surface area contributed by atoms with Crippen molar-refractivity contribution in [2.45, 2.75) is 57.9 Å². The lowest BCUT2D eigenvalue weighted by Crippen LogP contribution is -2.51. The molecule has 7 heterocycles. The highest BCUT2D eigenvalue weighted by atomic mass is 16.5. The topological polar surface area (TPSA) is 142 Å². The molecule has 0 radical (unpaired) electrons. The molecule has 2 atom stereocenters. The van der Waals surface area contributed by atoms with Crippen LogP contribution in [0.4, 0.5) is 11.5 Å². The van der Waals surface area contributed by atoms with E-state index in [1.165, 1.54) is 0 Å². The Bertz CT molecular complexity index is 1380. The summed E-state index contributed by atoms with van der Waals surface area (Å²) in [7, 11) is 0. The normalized spacial score (nSPS) is 24.0. The Hall–Kier alpha value is -3.41. The van der Waals surface area contributed by atoms with Crippen LogP contribution in [-0.4, -0.2) is 74.5 Å². The Kier molecular flexibility index (Phi) is 5.68. The fraction of sp³-hybridized carbons (Fsp3) is 0.519. The van der Waals surface area contributed by atoms with Crippen LogP contribution in [0.25, 0.3) is 11.4 Å². The molecule has 38 heavy (non-hydrogen) atoms. The van der Waals surface area contributed by atoms with Crippen molar-refractivity contribution in [3.8, 4) is 11.4 Å². The molecule has 3 aromatic heterocycles. The number of pyridine rings is 1. The van der Waals surface area contributed by atoms with Gasteiger partial charge in [-0.2, -0.15) is 5.10 Å². The van der Waals surface area contributed by atoms with Gasteiger partial charge >= 0.3 is 0 Å². The number of aryl methyl sites for hydroxylation is 1. The number of piperidine rings is 1. The first-order chi connectivity index (χ1) is 18.6. The van der Waals surface area contributed by atoms with Crippen LogP contribution < -0.4 is 15.5 Å². The minimum Gasteiger partial charge on any atom is -0.390 e. The maximum atomic E-state index is 10.3. The van der Waals surface area contributed by atoms with Gasteiger partial charge in [0.15, 0.2) is 11.7 Å². The van der Waals surface area contributed by atoms with E-state index in [0.717, 1.165) is 97.7 Å². The fourth-order valence-electron chi connectivity index (χ4n) is 6.44. The summed E-state index contributed by atoms with van der Waals surface area (Å²) in [4.78, 5) is 24.2. The van der Waals surface area contributed by atoms with Crippen molar-refractivity contribution in [2.75, 3.05) is 36.0 Å². The van der Waals surface area contributed by atoms with Crippen molar-refractivity contribution in [1.82, 2.24) is 25.1 Å². The number of amidine groups is 1. The molecule has 0 aliphatic carbocycles. The summed E-state index contributed by atoms with van der Waals surface area (Å²) in [5.74, 6) is 1.58. The van der Waals surface area contributed by atoms with Crippen LogP contribution in [0.1, 0.15) is 49.0 Å². The average Bonchev–Trinajstić information content (AvgIpc) is 3.70. The summed E-state index contributed by atoms with van der Waals surface area (Å²) < 4.78 is 5.88. The molecule has 0 aromatic carbocycles. The van der Waals surface area contributed by atoms with Gasteiger partial charge in [-0.1, -0.05) is 0 Å². The summed E-state index contributed by atoms with van der Waals surface area (Å²) in [6.07, 6.45) is 5.60. The molecule has 0 unspecified atom stereocenters. The van der Waals surface area contributed by atoms with Crippen LogP contribution >= 0.6 is 0 Å². The molecule has 4 N–H and O–H groups in total. The zero-order chi connectivity index (χ0) is 25.9. The first kappa shape index (κ1) is 23.7. The van der Waals surface area contributed by atoms with Gasteiger partial charge in [-0.25, -0.2) is 15.0 Å². The molecule has 1 spiro atoms. The van der Waals surface area contributed by atoms with Crippen LogP contribution in [0.15, 0.2) is 29.4 Å². The summed E-state index contributed by atoms with van der Waals surface area (Å²) >= 11 is 0. The number of nitrogens with one attached hydrogen (secondary N) is 1. The molecule has 2 fully saturated rings. The SMILES string of the molecule is C[C@@H]1OCC2(CCN(c3nc4c(nc3CO)C(N3CCCc5nc(-c6ccn[nH]6)ccc53)=NC4)CC2)[C@@H]1N. The van der Waals surface area contributed by atoms with Gasteiger partial charge in [-0.05, 0) is 50.8 Å². The second-order valence-electron chi connectivity index (χ2n) is 10.9. The number of fused-ring (bicyclic) bond motifs is 2. The van der Waals surface area contributed by atoms with Crippen molar-refractivity contribution in [3.63, 3.8) is 0 Å². The van der Waals surface area contributed by atoms with Crippen LogP contribution in [0.3, 0.4) is 0 Å². The molecule has 11 nitrogen and oxygen atoms in total. The quantitative estimate of drug-likeness (QED) is 0.476. The average molecular weight is 516 g/mol. The van der Waals surface area contributed by atoms with Crippen molar-refractivity contribution >= 4 is 17.3 Å². The first-order valence-electron chi connectivity index (χ1n) is 13.5. The van der Waals surface area contributed by atoms with E-state index < -0.39 is 0 Å². The second kappa shape index (κ2) is 9.11. The van der Waals surface area contributed by atoms with Gasteiger partial charge in [0.05, 0.1) is 54.3 Å². The summed E-state index contributed by atoms with van der Waals surface area (Å²) in [6.45, 7) is 5.57. The predicted molar refractivity (Wildman–Crippen MR) is 143 cm³/mol. The molecular weight excluding hydrogens is 482 g/mol. The van der Waals surface area contributed by atoms with Crippen molar-refractivity contribution in [1.29, 1.82) is 0 Å². The molecule has 4 aliphatic rings. The molecule has 4 aliphatic heterocycles. The standard InChI is InChI=1S/C27H33N9O2/c1-16-24(28)27(15-38-16)7-11-35(12-8-27)25-21(14-37)32-23-20(33-25)13-29-26(23)36-10-2-3-19-22(36)5-4-17(31-19)18-6-9-30-34-18/h4-6,9,16,24,37H,2-3,7-8,10-15,28H2,1H3,(H,30,34)/t16-,24+/m0/s1. The predicted octanol–water partition coefficient (Wildman–Crippen LogP) is 1.80. The number of aromatic nitrogens is 5. The Balaban J connectivity index is 1.15. The molecular formula is C27H33N9O2. The van der Waals surface area contributed by atoms with Crippen molar-refractivity contribution in [2.24, 2.45) is 16.1 Å². The number of ether oxygens (including phenoxy) is 1. The van der Waals surface area contributed by atoms with E-state index in [0.29, 0.717) is 12.2 Å². The molecule has 0 amide bonds. The molecule has 0 saturated carbocycles. The highest BCUT2D eigenvalue weighted by Crippen LogP contribution is 2.42. The van der Waals surface area contributed by atoms with E-state index in [4.69, 9.17) is 30.4 Å². The number of rotatable bonds is 3. The van der Waals surface area contributed by atoms with E-state index in [9.17, 15) is 5.11 Å². The lowest BCUT2D eigenvalue weighted by molar-refractivity contribution is 0.0973. The zero-order valence-electron chi connectivity index (χ0n) is 21.6. The number of aromatic amines is 1. The molecule has 7 rings (SSSR count). The number of aliphatic imine (C=N–C) groups is 1. The third-order valence-corrected chi connectivity index (χ3v) is 8.73. The molecule has 3 aromatic rings. The maximum Gasteiger partial charge on any atom is 0.156 e. The van der Waals surface area contributed by atoms with Crippen LogP contribution in [0.5, 0.6) is 0 Å². The second-order valence-corrected chi connectivity index (χ2v) is 10.9. The molecule has 0 bridgehead atoms. The van der Waals surface area contributed by atoms with Crippen LogP contribution in [0, 0.1) is 5.41 Å². The van der Waals surface area contributed by atoms with Gasteiger partial charge in [-0.15, -0.1) is 0 Å². The zero-order valence-corrected chi connectivity index (χ0v) is 21.6. The van der Waals surface area contributed by atoms with E-state index in [2.05, 4.69) is 33.0 Å². The number of nitrogens with two attached hydrogens (primary N) is 1. The molecule has 11 heteroatoms.